The molecule has 0 fully saturated rings. The highest BCUT2D eigenvalue weighted by molar-refractivity contribution is 7.91. The second-order valence-electron chi connectivity index (χ2n) is 3.91. The molecule has 1 N–H and O–H groups in total. The second kappa shape index (κ2) is 3.95. The molecular weight excluding hydrogens is 266 g/mol. The summed E-state index contributed by atoms with van der Waals surface area (Å²) < 4.78 is 45.8. The van der Waals surface area contributed by atoms with Gasteiger partial charge >= 0.3 is 0 Å². The van der Waals surface area contributed by atoms with Gasteiger partial charge in [0.05, 0.1) is 0 Å². The molecule has 0 radical (unpaired) electrons. The lowest BCUT2D eigenvalue weighted by molar-refractivity contribution is 0.595. The second-order valence-corrected chi connectivity index (χ2v) is 7.81. The van der Waals surface area contributed by atoms with E-state index in [2.05, 4.69) is 4.98 Å². The van der Waals surface area contributed by atoms with Gasteiger partial charge in [-0.1, -0.05) is 0 Å². The van der Waals surface area contributed by atoms with Gasteiger partial charge in [-0.25, -0.2) is 16.8 Å². The average Bonchev–Trinajstić information content (AvgIpc) is 1.94. The number of hydrogen-bond acceptors (Lipinski definition) is 5. The highest BCUT2D eigenvalue weighted by atomic mass is 32.2. The van der Waals surface area contributed by atoms with E-state index in [0.29, 0.717) is 0 Å². The molecule has 0 atom stereocenters. The van der Waals surface area contributed by atoms with E-state index in [9.17, 15) is 21.6 Å². The largest absolute Gasteiger partial charge is 0.360 e. The van der Waals surface area contributed by atoms with Crippen molar-refractivity contribution in [3.63, 3.8) is 0 Å². The maximum atomic E-state index is 11.9. The van der Waals surface area contributed by atoms with Crippen LogP contribution in [0.5, 0.6) is 0 Å². The third kappa shape index (κ3) is 2.58. The maximum Gasteiger partial charge on any atom is 0.219 e. The summed E-state index contributed by atoms with van der Waals surface area (Å²) in [6.45, 7) is 2.83. The van der Waals surface area contributed by atoms with E-state index in [1.807, 2.05) is 0 Å². The standard InChI is InChI=1S/C9H13NO5S2/c1-5-8(16(3,12)13)7(11)9(6(2)10-5)17(4,14)15/h1-4H3,(H,10,11). The van der Waals surface area contributed by atoms with Gasteiger partial charge in [-0.3, -0.25) is 4.79 Å². The summed E-state index contributed by atoms with van der Waals surface area (Å²) in [5.74, 6) is 0. The number of aryl methyl sites for hydroxylation is 2. The highest BCUT2D eigenvalue weighted by Gasteiger charge is 2.25. The van der Waals surface area contributed by atoms with Crippen molar-refractivity contribution in [2.45, 2.75) is 23.6 Å². The van der Waals surface area contributed by atoms with Crippen LogP contribution in [0.2, 0.25) is 0 Å². The Morgan fingerprint density at radius 1 is 0.824 bits per heavy atom. The summed E-state index contributed by atoms with van der Waals surface area (Å²) in [4.78, 5) is 13.5. The monoisotopic (exact) mass is 279 g/mol. The van der Waals surface area contributed by atoms with Crippen molar-refractivity contribution < 1.29 is 16.8 Å². The Morgan fingerprint density at radius 3 is 1.35 bits per heavy atom. The lowest BCUT2D eigenvalue weighted by Gasteiger charge is -2.09. The number of hydrogen-bond donors (Lipinski definition) is 1. The molecule has 0 spiro atoms. The Balaban J connectivity index is 4.01. The van der Waals surface area contributed by atoms with Crippen LogP contribution in [0.15, 0.2) is 14.6 Å². The Bertz CT molecular complexity index is 666. The number of aromatic amines is 1. The minimum Gasteiger partial charge on any atom is -0.360 e. The summed E-state index contributed by atoms with van der Waals surface area (Å²) >= 11 is 0. The van der Waals surface area contributed by atoms with E-state index in [-0.39, 0.29) is 11.4 Å². The van der Waals surface area contributed by atoms with Crippen molar-refractivity contribution in [2.75, 3.05) is 12.5 Å². The fraction of sp³-hybridized carbons (Fsp3) is 0.444. The van der Waals surface area contributed by atoms with Crippen molar-refractivity contribution in [1.82, 2.24) is 4.98 Å². The van der Waals surface area contributed by atoms with Gasteiger partial charge in [0.1, 0.15) is 9.79 Å². The van der Waals surface area contributed by atoms with Crippen molar-refractivity contribution in [2.24, 2.45) is 0 Å². The van der Waals surface area contributed by atoms with Gasteiger partial charge in [-0.15, -0.1) is 0 Å². The molecule has 0 amide bonds. The molecule has 1 rings (SSSR count). The van der Waals surface area contributed by atoms with E-state index >= 15 is 0 Å². The quantitative estimate of drug-likeness (QED) is 0.807. The third-order valence-corrected chi connectivity index (χ3v) is 4.68. The fourth-order valence-electron chi connectivity index (χ4n) is 1.73. The molecule has 1 aromatic rings. The van der Waals surface area contributed by atoms with Gasteiger partial charge < -0.3 is 4.98 Å². The third-order valence-electron chi connectivity index (χ3n) is 2.21. The molecule has 8 heteroatoms. The number of H-pyrrole nitrogens is 1. The van der Waals surface area contributed by atoms with Gasteiger partial charge in [0.15, 0.2) is 19.7 Å². The topological polar surface area (TPSA) is 101 Å². The smallest absolute Gasteiger partial charge is 0.219 e. The molecule has 0 saturated heterocycles. The average molecular weight is 279 g/mol. The van der Waals surface area contributed by atoms with E-state index in [4.69, 9.17) is 0 Å². The molecule has 0 aliphatic rings. The zero-order chi connectivity index (χ0) is 13.6. The van der Waals surface area contributed by atoms with Crippen LogP contribution in [0.4, 0.5) is 0 Å². The minimum absolute atomic E-state index is 0.141. The lowest BCUT2D eigenvalue weighted by Crippen LogP contribution is -2.24. The van der Waals surface area contributed by atoms with Crippen LogP contribution in [0.1, 0.15) is 11.4 Å². The van der Waals surface area contributed by atoms with Crippen LogP contribution in [-0.4, -0.2) is 34.3 Å². The first-order valence-corrected chi connectivity index (χ1v) is 8.38. The summed E-state index contributed by atoms with van der Waals surface area (Å²) in [6, 6.07) is 0. The minimum atomic E-state index is -3.77. The SMILES string of the molecule is Cc1[nH]c(C)c(S(C)(=O)=O)c(=O)c1S(C)(=O)=O. The molecule has 0 bridgehead atoms. The number of nitrogens with one attached hydrogen (secondary N) is 1. The molecule has 1 heterocycles. The summed E-state index contributed by atoms with van der Waals surface area (Å²) in [5, 5.41) is 0. The van der Waals surface area contributed by atoms with Crippen molar-refractivity contribution in [3.8, 4) is 0 Å². The van der Waals surface area contributed by atoms with Gasteiger partial charge in [0, 0.05) is 23.9 Å². The van der Waals surface area contributed by atoms with Gasteiger partial charge in [-0.05, 0) is 13.8 Å². The highest BCUT2D eigenvalue weighted by Crippen LogP contribution is 2.15. The van der Waals surface area contributed by atoms with Gasteiger partial charge in [-0.2, -0.15) is 0 Å². The van der Waals surface area contributed by atoms with Gasteiger partial charge in [0.25, 0.3) is 0 Å². The van der Waals surface area contributed by atoms with Crippen LogP contribution < -0.4 is 5.43 Å². The molecule has 0 unspecified atom stereocenters. The van der Waals surface area contributed by atoms with Crippen LogP contribution >= 0.6 is 0 Å². The number of rotatable bonds is 2. The number of pyridine rings is 1. The zero-order valence-electron chi connectivity index (χ0n) is 9.86. The van der Waals surface area contributed by atoms with Crippen LogP contribution in [0.25, 0.3) is 0 Å². The molecule has 0 aliphatic heterocycles. The van der Waals surface area contributed by atoms with Crippen LogP contribution in [0, 0.1) is 13.8 Å². The number of aromatic nitrogens is 1. The predicted molar refractivity (Wildman–Crippen MR) is 62.8 cm³/mol. The lowest BCUT2D eigenvalue weighted by atomic mass is 10.3. The van der Waals surface area contributed by atoms with Crippen molar-refractivity contribution >= 4 is 19.7 Å². The molecule has 1 aromatic heterocycles. The predicted octanol–water partition coefficient (Wildman–Crippen LogP) is -0.201. The first-order chi connectivity index (χ1) is 7.46. The van der Waals surface area contributed by atoms with E-state index < -0.39 is 34.9 Å². The zero-order valence-corrected chi connectivity index (χ0v) is 11.5. The molecule has 0 aliphatic carbocycles. The van der Waals surface area contributed by atoms with Gasteiger partial charge in [0.2, 0.25) is 5.43 Å². The van der Waals surface area contributed by atoms with Crippen LogP contribution in [0.3, 0.4) is 0 Å². The van der Waals surface area contributed by atoms with E-state index in [1.54, 1.807) is 0 Å². The Hall–Kier alpha value is -1.15. The Kier molecular flexibility index (Phi) is 3.23. The van der Waals surface area contributed by atoms with Crippen molar-refractivity contribution in [1.29, 1.82) is 0 Å². The summed E-state index contributed by atoms with van der Waals surface area (Å²) in [7, 11) is -7.54. The molecule has 0 saturated carbocycles. The summed E-state index contributed by atoms with van der Waals surface area (Å²) in [5.41, 5.74) is -0.687. The maximum absolute atomic E-state index is 11.9. The first-order valence-electron chi connectivity index (χ1n) is 4.60. The molecule has 0 aromatic carbocycles. The summed E-state index contributed by atoms with van der Waals surface area (Å²) in [6.07, 6.45) is 1.73. The molecule has 6 nitrogen and oxygen atoms in total. The molecule has 17 heavy (non-hydrogen) atoms. The van der Waals surface area contributed by atoms with Crippen LogP contribution in [-0.2, 0) is 19.7 Å². The number of sulfone groups is 2. The van der Waals surface area contributed by atoms with E-state index in [0.717, 1.165) is 12.5 Å². The van der Waals surface area contributed by atoms with Crippen molar-refractivity contribution in [3.05, 3.63) is 21.6 Å². The Labute approximate surface area is 99.5 Å². The van der Waals surface area contributed by atoms with E-state index in [1.165, 1.54) is 13.8 Å². The molecular formula is C9H13NO5S2. The fourth-order valence-corrected chi connectivity index (χ4v) is 3.89. The molecule has 96 valence electrons. The first kappa shape index (κ1) is 13.9. The normalized spacial score (nSPS) is 12.7. The Morgan fingerprint density at radius 2 is 1.12 bits per heavy atom.